The van der Waals surface area contributed by atoms with Gasteiger partial charge in [0.2, 0.25) is 0 Å². The normalized spacial score (nSPS) is 19.3. The minimum Gasteiger partial charge on any atom is -0.464 e. The summed E-state index contributed by atoms with van der Waals surface area (Å²) in [5, 5.41) is 0.545. The fourth-order valence-electron chi connectivity index (χ4n) is 2.88. The van der Waals surface area contributed by atoms with Crippen molar-refractivity contribution < 1.29 is 17.6 Å². The van der Waals surface area contributed by atoms with E-state index < -0.39 is 9.84 Å². The number of hydrogen-bond donors (Lipinski definition) is 0. The Bertz CT molecular complexity index is 842. The Kier molecular flexibility index (Phi) is 4.69. The van der Waals surface area contributed by atoms with Crippen LogP contribution in [0.1, 0.15) is 28.3 Å². The van der Waals surface area contributed by atoms with Gasteiger partial charge in [-0.25, -0.2) is 8.42 Å². The highest BCUT2D eigenvalue weighted by Crippen LogP contribution is 2.23. The van der Waals surface area contributed by atoms with Crippen LogP contribution in [0, 0.1) is 6.92 Å². The molecule has 0 N–H and O–H groups in total. The second kappa shape index (κ2) is 6.61. The van der Waals surface area contributed by atoms with E-state index in [1.165, 1.54) is 0 Å². The number of carbonyl (C=O) groups is 1. The van der Waals surface area contributed by atoms with Crippen LogP contribution in [0.25, 0.3) is 0 Å². The van der Waals surface area contributed by atoms with Crippen molar-refractivity contribution in [1.82, 2.24) is 4.90 Å². The van der Waals surface area contributed by atoms with Crippen molar-refractivity contribution in [2.45, 2.75) is 25.9 Å². The number of aryl methyl sites for hydroxylation is 1. The summed E-state index contributed by atoms with van der Waals surface area (Å²) in [6, 6.07) is 9.88. The maximum absolute atomic E-state index is 12.9. The standard InChI is InChI=1S/C17H18ClNO4S/c1-12-2-7-16(23-12)10-19(15-8-9-24(21,22)11-15)17(20)13-3-5-14(18)6-4-13/h2-7,15H,8-11H2,1H3/t15-/m0/s1. The molecule has 5 nitrogen and oxygen atoms in total. The Morgan fingerprint density at radius 3 is 2.50 bits per heavy atom. The van der Waals surface area contributed by atoms with Gasteiger partial charge in [-0.15, -0.1) is 0 Å². The lowest BCUT2D eigenvalue weighted by Gasteiger charge is -2.27. The number of carbonyl (C=O) groups excluding carboxylic acids is 1. The molecular formula is C17H18ClNO4S. The summed E-state index contributed by atoms with van der Waals surface area (Å²) in [5.41, 5.74) is 0.479. The number of amides is 1. The second-order valence-corrected chi connectivity index (χ2v) is 8.67. The molecule has 0 aliphatic carbocycles. The molecule has 1 atom stereocenters. The third-order valence-electron chi connectivity index (χ3n) is 4.12. The number of halogens is 1. The molecule has 3 rings (SSSR count). The van der Waals surface area contributed by atoms with Gasteiger partial charge in [0.25, 0.3) is 5.91 Å². The van der Waals surface area contributed by atoms with Gasteiger partial charge in [-0.2, -0.15) is 0 Å². The quantitative estimate of drug-likeness (QED) is 0.832. The minimum absolute atomic E-state index is 0.00792. The molecule has 0 saturated carbocycles. The first-order valence-corrected chi connectivity index (χ1v) is 9.86. The molecule has 1 aromatic heterocycles. The maximum atomic E-state index is 12.9. The Balaban J connectivity index is 1.88. The lowest BCUT2D eigenvalue weighted by Crippen LogP contribution is -2.40. The van der Waals surface area contributed by atoms with Gasteiger partial charge < -0.3 is 9.32 Å². The largest absolute Gasteiger partial charge is 0.464 e. The van der Waals surface area contributed by atoms with E-state index in [4.69, 9.17) is 16.0 Å². The van der Waals surface area contributed by atoms with Crippen LogP contribution >= 0.6 is 11.6 Å². The van der Waals surface area contributed by atoms with Crippen molar-refractivity contribution in [3.05, 3.63) is 58.5 Å². The number of hydrogen-bond acceptors (Lipinski definition) is 4. The summed E-state index contributed by atoms with van der Waals surface area (Å²) in [7, 11) is -3.10. The van der Waals surface area contributed by atoms with Gasteiger partial charge in [-0.05, 0) is 49.7 Å². The van der Waals surface area contributed by atoms with Crippen LogP contribution in [-0.2, 0) is 16.4 Å². The van der Waals surface area contributed by atoms with Gasteiger partial charge in [0.15, 0.2) is 9.84 Å². The van der Waals surface area contributed by atoms with Crippen molar-refractivity contribution in [2.75, 3.05) is 11.5 Å². The fraction of sp³-hybridized carbons (Fsp3) is 0.353. The molecule has 7 heteroatoms. The summed E-state index contributed by atoms with van der Waals surface area (Å²) < 4.78 is 29.2. The van der Waals surface area contributed by atoms with Crippen molar-refractivity contribution in [1.29, 1.82) is 0 Å². The highest BCUT2D eigenvalue weighted by Gasteiger charge is 2.35. The summed E-state index contributed by atoms with van der Waals surface area (Å²) in [4.78, 5) is 14.5. The number of sulfone groups is 1. The molecule has 24 heavy (non-hydrogen) atoms. The monoisotopic (exact) mass is 367 g/mol. The van der Waals surface area contributed by atoms with Crippen LogP contribution in [0.5, 0.6) is 0 Å². The van der Waals surface area contributed by atoms with Crippen LogP contribution in [0.2, 0.25) is 5.02 Å². The van der Waals surface area contributed by atoms with Crippen LogP contribution in [-0.4, -0.2) is 36.8 Å². The Morgan fingerprint density at radius 1 is 1.25 bits per heavy atom. The van der Waals surface area contributed by atoms with Gasteiger partial charge in [-0.1, -0.05) is 11.6 Å². The Labute approximate surface area is 146 Å². The molecule has 1 amide bonds. The zero-order valence-corrected chi connectivity index (χ0v) is 14.8. The highest BCUT2D eigenvalue weighted by molar-refractivity contribution is 7.91. The molecule has 1 saturated heterocycles. The molecule has 1 fully saturated rings. The predicted octanol–water partition coefficient (Wildman–Crippen LogP) is 3.07. The smallest absolute Gasteiger partial charge is 0.254 e. The van der Waals surface area contributed by atoms with Gasteiger partial charge in [0, 0.05) is 16.6 Å². The average Bonchev–Trinajstić information content (AvgIpc) is 3.10. The molecule has 0 spiro atoms. The lowest BCUT2D eigenvalue weighted by atomic mass is 10.1. The summed E-state index contributed by atoms with van der Waals surface area (Å²) in [6.07, 6.45) is 0.446. The zero-order chi connectivity index (χ0) is 17.3. The van der Waals surface area contributed by atoms with E-state index in [2.05, 4.69) is 0 Å². The van der Waals surface area contributed by atoms with Gasteiger partial charge in [0.1, 0.15) is 11.5 Å². The minimum atomic E-state index is -3.10. The SMILES string of the molecule is Cc1ccc(CN(C(=O)c2ccc(Cl)cc2)[C@H]2CCS(=O)(=O)C2)o1. The molecule has 1 aliphatic heterocycles. The topological polar surface area (TPSA) is 67.6 Å². The molecule has 2 heterocycles. The van der Waals surface area contributed by atoms with Crippen LogP contribution in [0.15, 0.2) is 40.8 Å². The highest BCUT2D eigenvalue weighted by atomic mass is 35.5. The van der Waals surface area contributed by atoms with Crippen molar-refractivity contribution in [3.8, 4) is 0 Å². The lowest BCUT2D eigenvalue weighted by molar-refractivity contribution is 0.0665. The van der Waals surface area contributed by atoms with E-state index in [0.29, 0.717) is 22.8 Å². The Hall–Kier alpha value is -1.79. The third kappa shape index (κ3) is 3.82. The molecule has 1 aromatic carbocycles. The maximum Gasteiger partial charge on any atom is 0.254 e. The van der Waals surface area contributed by atoms with E-state index in [1.807, 2.05) is 13.0 Å². The number of rotatable bonds is 4. The molecule has 1 aliphatic rings. The molecule has 0 unspecified atom stereocenters. The molecule has 0 bridgehead atoms. The van der Waals surface area contributed by atoms with Crippen LogP contribution in [0.3, 0.4) is 0 Å². The van der Waals surface area contributed by atoms with Crippen LogP contribution < -0.4 is 0 Å². The van der Waals surface area contributed by atoms with E-state index in [-0.39, 0.29) is 30.0 Å². The van der Waals surface area contributed by atoms with E-state index in [1.54, 1.807) is 35.2 Å². The van der Waals surface area contributed by atoms with E-state index in [0.717, 1.165) is 5.76 Å². The predicted molar refractivity (Wildman–Crippen MR) is 91.8 cm³/mol. The second-order valence-electron chi connectivity index (χ2n) is 6.01. The van der Waals surface area contributed by atoms with Crippen LogP contribution in [0.4, 0.5) is 0 Å². The van der Waals surface area contributed by atoms with Gasteiger partial charge >= 0.3 is 0 Å². The molecule has 128 valence electrons. The molecular weight excluding hydrogens is 350 g/mol. The van der Waals surface area contributed by atoms with Gasteiger partial charge in [0.05, 0.1) is 18.1 Å². The molecule has 0 radical (unpaired) electrons. The van der Waals surface area contributed by atoms with Crippen molar-refractivity contribution >= 4 is 27.3 Å². The average molecular weight is 368 g/mol. The van der Waals surface area contributed by atoms with Crippen molar-refractivity contribution in [2.24, 2.45) is 0 Å². The Morgan fingerprint density at radius 2 is 1.96 bits per heavy atom. The fourth-order valence-corrected chi connectivity index (χ4v) is 4.74. The van der Waals surface area contributed by atoms with E-state index in [9.17, 15) is 13.2 Å². The first-order valence-electron chi connectivity index (χ1n) is 7.66. The molecule has 2 aromatic rings. The van der Waals surface area contributed by atoms with Gasteiger partial charge in [-0.3, -0.25) is 4.79 Å². The first-order chi connectivity index (χ1) is 11.3. The summed E-state index contributed by atoms with van der Waals surface area (Å²) >= 11 is 5.87. The van der Waals surface area contributed by atoms with E-state index >= 15 is 0 Å². The van der Waals surface area contributed by atoms with Crippen molar-refractivity contribution in [3.63, 3.8) is 0 Å². The first kappa shape index (κ1) is 17.0. The number of benzene rings is 1. The zero-order valence-electron chi connectivity index (χ0n) is 13.2. The summed E-state index contributed by atoms with van der Waals surface area (Å²) in [6.45, 7) is 2.07. The number of nitrogens with zero attached hydrogens (tertiary/aromatic N) is 1. The third-order valence-corrected chi connectivity index (χ3v) is 6.13. The summed E-state index contributed by atoms with van der Waals surface area (Å²) in [5.74, 6) is 1.27. The number of furan rings is 1.